The summed E-state index contributed by atoms with van der Waals surface area (Å²) in [5, 5.41) is 9.18. The third kappa shape index (κ3) is 1.71. The van der Waals surface area contributed by atoms with E-state index in [1.54, 1.807) is 6.92 Å². The van der Waals surface area contributed by atoms with Crippen LogP contribution in [0.4, 0.5) is 4.39 Å². The third-order valence-corrected chi connectivity index (χ3v) is 1.50. The van der Waals surface area contributed by atoms with Gasteiger partial charge in [0.1, 0.15) is 0 Å². The maximum absolute atomic E-state index is 12.5. The fourth-order valence-corrected chi connectivity index (χ4v) is 0.910. The molecule has 1 unspecified atom stereocenters. The van der Waals surface area contributed by atoms with Gasteiger partial charge in [-0.2, -0.15) is 9.37 Å². The van der Waals surface area contributed by atoms with Crippen LogP contribution in [-0.4, -0.2) is 17.2 Å². The molecule has 12 heavy (non-hydrogen) atoms. The first kappa shape index (κ1) is 8.93. The Hall–Kier alpha value is -1.16. The number of aromatic nitrogens is 1. The Bertz CT molecular complexity index is 276. The summed E-state index contributed by atoms with van der Waals surface area (Å²) in [7, 11) is 1.38. The molecule has 1 heterocycles. The highest BCUT2D eigenvalue weighted by Crippen LogP contribution is 2.22. The molecule has 3 nitrogen and oxygen atoms in total. The summed E-state index contributed by atoms with van der Waals surface area (Å²) in [6.45, 7) is 1.57. The van der Waals surface area contributed by atoms with Crippen LogP contribution in [-0.2, 0) is 0 Å². The second kappa shape index (κ2) is 3.49. The standard InChI is InChI=1S/C8H10FNO2/c1-5(11)6-3-4-7(9)10-8(6)12-2/h3-5,11H,1-2H3. The topological polar surface area (TPSA) is 42.4 Å². The molecule has 1 aromatic rings. The molecule has 0 saturated heterocycles. The van der Waals surface area contributed by atoms with Gasteiger partial charge in [-0.15, -0.1) is 0 Å². The molecule has 0 aromatic carbocycles. The van der Waals surface area contributed by atoms with E-state index in [1.165, 1.54) is 19.2 Å². The minimum absolute atomic E-state index is 0.130. The van der Waals surface area contributed by atoms with Crippen LogP contribution in [0.3, 0.4) is 0 Å². The van der Waals surface area contributed by atoms with Crippen molar-refractivity contribution in [3.63, 3.8) is 0 Å². The van der Waals surface area contributed by atoms with Gasteiger partial charge >= 0.3 is 0 Å². The number of methoxy groups -OCH3 is 1. The lowest BCUT2D eigenvalue weighted by Gasteiger charge is -2.08. The van der Waals surface area contributed by atoms with Gasteiger partial charge in [-0.3, -0.25) is 0 Å². The summed E-state index contributed by atoms with van der Waals surface area (Å²) in [5.41, 5.74) is 0.485. The van der Waals surface area contributed by atoms with Crippen molar-refractivity contribution in [1.82, 2.24) is 4.98 Å². The summed E-state index contributed by atoms with van der Waals surface area (Å²) in [5.74, 6) is -0.485. The van der Waals surface area contributed by atoms with Crippen molar-refractivity contribution in [2.24, 2.45) is 0 Å². The Morgan fingerprint density at radius 3 is 2.75 bits per heavy atom. The predicted molar refractivity (Wildman–Crippen MR) is 41.4 cm³/mol. The quantitative estimate of drug-likeness (QED) is 0.681. The summed E-state index contributed by atoms with van der Waals surface area (Å²) in [6.07, 6.45) is -0.701. The highest BCUT2D eigenvalue weighted by molar-refractivity contribution is 5.27. The average molecular weight is 171 g/mol. The second-order valence-corrected chi connectivity index (χ2v) is 2.41. The van der Waals surface area contributed by atoms with E-state index in [1.807, 2.05) is 0 Å². The molecule has 0 aliphatic heterocycles. The lowest BCUT2D eigenvalue weighted by atomic mass is 10.2. The maximum Gasteiger partial charge on any atom is 0.221 e. The van der Waals surface area contributed by atoms with Crippen molar-refractivity contribution < 1.29 is 14.2 Å². The Balaban J connectivity index is 3.11. The number of rotatable bonds is 2. The van der Waals surface area contributed by atoms with Gasteiger partial charge in [0, 0.05) is 5.56 Å². The first-order valence-electron chi connectivity index (χ1n) is 3.53. The summed E-state index contributed by atoms with van der Waals surface area (Å²) in [4.78, 5) is 3.46. The number of aliphatic hydroxyl groups is 1. The Kier molecular flexibility index (Phi) is 2.60. The number of ether oxygens (including phenoxy) is 1. The van der Waals surface area contributed by atoms with Gasteiger partial charge in [-0.05, 0) is 19.1 Å². The highest BCUT2D eigenvalue weighted by Gasteiger charge is 2.10. The fraction of sp³-hybridized carbons (Fsp3) is 0.375. The smallest absolute Gasteiger partial charge is 0.221 e. The van der Waals surface area contributed by atoms with Gasteiger partial charge in [0.25, 0.3) is 0 Å². The SMILES string of the molecule is COc1nc(F)ccc1C(C)O. The van der Waals surface area contributed by atoms with E-state index < -0.39 is 12.1 Å². The number of halogens is 1. The van der Waals surface area contributed by atoms with Crippen LogP contribution in [0.2, 0.25) is 0 Å². The molecule has 0 fully saturated rings. The molecule has 0 radical (unpaired) electrons. The number of aliphatic hydroxyl groups excluding tert-OH is 1. The van der Waals surface area contributed by atoms with Crippen molar-refractivity contribution in [2.45, 2.75) is 13.0 Å². The van der Waals surface area contributed by atoms with Gasteiger partial charge in [-0.1, -0.05) is 0 Å². The summed E-state index contributed by atoms with van der Waals surface area (Å²) in [6, 6.07) is 2.64. The Labute approximate surface area is 69.8 Å². The minimum Gasteiger partial charge on any atom is -0.481 e. The number of pyridine rings is 1. The van der Waals surface area contributed by atoms with E-state index >= 15 is 0 Å². The van der Waals surface area contributed by atoms with E-state index in [9.17, 15) is 9.50 Å². The molecule has 1 aromatic heterocycles. The van der Waals surface area contributed by atoms with Crippen LogP contribution < -0.4 is 4.74 Å². The van der Waals surface area contributed by atoms with Crippen LogP contribution in [0.25, 0.3) is 0 Å². The second-order valence-electron chi connectivity index (χ2n) is 2.41. The predicted octanol–water partition coefficient (Wildman–Crippen LogP) is 1.28. The zero-order chi connectivity index (χ0) is 9.14. The van der Waals surface area contributed by atoms with Crippen LogP contribution in [0, 0.1) is 5.95 Å². The molecule has 66 valence electrons. The van der Waals surface area contributed by atoms with E-state index in [0.29, 0.717) is 5.56 Å². The maximum atomic E-state index is 12.5. The summed E-state index contributed by atoms with van der Waals surface area (Å²) < 4.78 is 17.3. The zero-order valence-corrected chi connectivity index (χ0v) is 6.91. The highest BCUT2D eigenvalue weighted by atomic mass is 19.1. The normalized spacial score (nSPS) is 12.7. The van der Waals surface area contributed by atoms with Gasteiger partial charge < -0.3 is 9.84 Å². The van der Waals surface area contributed by atoms with E-state index in [2.05, 4.69) is 4.98 Å². The van der Waals surface area contributed by atoms with E-state index in [4.69, 9.17) is 4.74 Å². The molecule has 0 saturated carbocycles. The number of hydrogen-bond donors (Lipinski definition) is 1. The van der Waals surface area contributed by atoms with E-state index in [-0.39, 0.29) is 5.88 Å². The summed E-state index contributed by atoms with van der Waals surface area (Å²) >= 11 is 0. The average Bonchev–Trinajstić information content (AvgIpc) is 2.03. The molecule has 1 N–H and O–H groups in total. The molecule has 4 heteroatoms. The molecule has 0 aliphatic carbocycles. The van der Waals surface area contributed by atoms with E-state index in [0.717, 1.165) is 0 Å². The molecular weight excluding hydrogens is 161 g/mol. The lowest BCUT2D eigenvalue weighted by Crippen LogP contribution is -1.99. The van der Waals surface area contributed by atoms with Crippen LogP contribution in [0.1, 0.15) is 18.6 Å². The van der Waals surface area contributed by atoms with Crippen LogP contribution in [0.5, 0.6) is 5.88 Å². The van der Waals surface area contributed by atoms with Crippen molar-refractivity contribution in [3.05, 3.63) is 23.6 Å². The minimum atomic E-state index is -0.701. The zero-order valence-electron chi connectivity index (χ0n) is 6.91. The molecule has 1 rings (SSSR count). The van der Waals surface area contributed by atoms with Gasteiger partial charge in [-0.25, -0.2) is 0 Å². The van der Waals surface area contributed by atoms with Gasteiger partial charge in [0.05, 0.1) is 13.2 Å². The van der Waals surface area contributed by atoms with Crippen molar-refractivity contribution in [3.8, 4) is 5.88 Å². The van der Waals surface area contributed by atoms with Crippen molar-refractivity contribution >= 4 is 0 Å². The molecule has 0 spiro atoms. The van der Waals surface area contributed by atoms with Crippen LogP contribution >= 0.6 is 0 Å². The van der Waals surface area contributed by atoms with Crippen molar-refractivity contribution in [2.75, 3.05) is 7.11 Å². The first-order valence-corrected chi connectivity index (χ1v) is 3.53. The lowest BCUT2D eigenvalue weighted by molar-refractivity contribution is 0.192. The monoisotopic (exact) mass is 171 g/mol. The molecule has 0 amide bonds. The number of nitrogens with zero attached hydrogens (tertiary/aromatic N) is 1. The molecule has 0 bridgehead atoms. The van der Waals surface area contributed by atoms with Crippen molar-refractivity contribution in [1.29, 1.82) is 0 Å². The van der Waals surface area contributed by atoms with Gasteiger partial charge in [0.15, 0.2) is 0 Å². The Morgan fingerprint density at radius 1 is 1.58 bits per heavy atom. The van der Waals surface area contributed by atoms with Crippen LogP contribution in [0.15, 0.2) is 12.1 Å². The Morgan fingerprint density at radius 2 is 2.25 bits per heavy atom. The molecule has 0 aliphatic rings. The number of hydrogen-bond acceptors (Lipinski definition) is 3. The third-order valence-electron chi connectivity index (χ3n) is 1.50. The molecule has 1 atom stereocenters. The largest absolute Gasteiger partial charge is 0.481 e. The van der Waals surface area contributed by atoms with Gasteiger partial charge in [0.2, 0.25) is 11.8 Å². The molecular formula is C8H10FNO2. The fourth-order valence-electron chi connectivity index (χ4n) is 0.910. The first-order chi connectivity index (χ1) is 5.65.